The highest BCUT2D eigenvalue weighted by Gasteiger charge is 2.39. The molecule has 0 bridgehead atoms. The van der Waals surface area contributed by atoms with Crippen LogP contribution in [0.4, 0.5) is 4.39 Å². The van der Waals surface area contributed by atoms with Gasteiger partial charge in [0.2, 0.25) is 0 Å². The van der Waals surface area contributed by atoms with Crippen molar-refractivity contribution in [2.24, 2.45) is 5.73 Å². The van der Waals surface area contributed by atoms with E-state index in [1.165, 1.54) is 6.07 Å². The standard InChI is InChI=1S/C13H16FNO2/c1-2-17-11(16)8-13(15)7-6-9-4-3-5-10(14)12(9)13/h3-5H,2,6-8,15H2,1H3. The van der Waals surface area contributed by atoms with Gasteiger partial charge in [0.15, 0.2) is 0 Å². The molecule has 0 saturated carbocycles. The number of rotatable bonds is 3. The summed E-state index contributed by atoms with van der Waals surface area (Å²) in [7, 11) is 0. The number of ether oxygens (including phenoxy) is 1. The maximum Gasteiger partial charge on any atom is 0.307 e. The molecule has 2 N–H and O–H groups in total. The Balaban J connectivity index is 2.28. The smallest absolute Gasteiger partial charge is 0.307 e. The van der Waals surface area contributed by atoms with Gasteiger partial charge in [-0.25, -0.2) is 4.39 Å². The van der Waals surface area contributed by atoms with Crippen LogP contribution >= 0.6 is 0 Å². The summed E-state index contributed by atoms with van der Waals surface area (Å²) in [5, 5.41) is 0. The minimum atomic E-state index is -0.910. The van der Waals surface area contributed by atoms with E-state index in [9.17, 15) is 9.18 Å². The second-order valence-corrected chi connectivity index (χ2v) is 4.41. The minimum Gasteiger partial charge on any atom is -0.466 e. The molecule has 4 heteroatoms. The first-order valence-electron chi connectivity index (χ1n) is 5.79. The molecule has 0 aromatic heterocycles. The van der Waals surface area contributed by atoms with E-state index >= 15 is 0 Å². The van der Waals surface area contributed by atoms with Crippen molar-refractivity contribution in [3.8, 4) is 0 Å². The van der Waals surface area contributed by atoms with Crippen molar-refractivity contribution in [2.75, 3.05) is 6.61 Å². The summed E-state index contributed by atoms with van der Waals surface area (Å²) in [6.45, 7) is 2.06. The molecular weight excluding hydrogens is 221 g/mol. The molecule has 1 atom stereocenters. The lowest BCUT2D eigenvalue weighted by atomic mass is 9.89. The van der Waals surface area contributed by atoms with Crippen molar-refractivity contribution < 1.29 is 13.9 Å². The first-order chi connectivity index (χ1) is 8.07. The topological polar surface area (TPSA) is 52.3 Å². The number of halogens is 1. The molecular formula is C13H16FNO2. The Kier molecular flexibility index (Phi) is 3.15. The quantitative estimate of drug-likeness (QED) is 0.817. The highest BCUT2D eigenvalue weighted by Crippen LogP contribution is 2.39. The number of benzene rings is 1. The van der Waals surface area contributed by atoms with E-state index in [-0.39, 0.29) is 18.2 Å². The van der Waals surface area contributed by atoms with Gasteiger partial charge in [0.25, 0.3) is 0 Å². The summed E-state index contributed by atoms with van der Waals surface area (Å²) in [6, 6.07) is 4.92. The van der Waals surface area contributed by atoms with Gasteiger partial charge in [-0.2, -0.15) is 0 Å². The molecule has 0 fully saturated rings. The molecule has 1 aromatic carbocycles. The van der Waals surface area contributed by atoms with Crippen molar-refractivity contribution in [3.05, 3.63) is 35.1 Å². The summed E-state index contributed by atoms with van der Waals surface area (Å²) in [6.07, 6.45) is 1.33. The molecule has 0 amide bonds. The predicted octanol–water partition coefficient (Wildman–Crippen LogP) is 1.88. The van der Waals surface area contributed by atoms with E-state index < -0.39 is 5.54 Å². The summed E-state index contributed by atoms with van der Waals surface area (Å²) in [5.74, 6) is -0.696. The van der Waals surface area contributed by atoms with Crippen LogP contribution in [0.3, 0.4) is 0 Å². The molecule has 0 heterocycles. The number of hydrogen-bond acceptors (Lipinski definition) is 3. The fraction of sp³-hybridized carbons (Fsp3) is 0.462. The summed E-state index contributed by atoms with van der Waals surface area (Å²) in [5.41, 5.74) is 6.63. The van der Waals surface area contributed by atoms with E-state index in [4.69, 9.17) is 10.5 Å². The third-order valence-electron chi connectivity index (χ3n) is 3.20. The van der Waals surface area contributed by atoms with Gasteiger partial charge in [-0.05, 0) is 31.4 Å². The van der Waals surface area contributed by atoms with Crippen LogP contribution < -0.4 is 5.73 Å². The van der Waals surface area contributed by atoms with Crippen LogP contribution in [0.15, 0.2) is 18.2 Å². The number of aryl methyl sites for hydroxylation is 1. The Morgan fingerprint density at radius 3 is 3.06 bits per heavy atom. The van der Waals surface area contributed by atoms with E-state index in [0.29, 0.717) is 25.0 Å². The normalized spacial score (nSPS) is 22.3. The maximum atomic E-state index is 13.8. The Labute approximate surface area is 99.8 Å². The first-order valence-corrected chi connectivity index (χ1v) is 5.79. The highest BCUT2D eigenvalue weighted by atomic mass is 19.1. The Morgan fingerprint density at radius 1 is 1.59 bits per heavy atom. The van der Waals surface area contributed by atoms with Crippen LogP contribution in [0.5, 0.6) is 0 Å². The van der Waals surface area contributed by atoms with Crippen LogP contribution in [-0.2, 0) is 21.5 Å². The van der Waals surface area contributed by atoms with Crippen LogP contribution in [0.1, 0.15) is 30.9 Å². The van der Waals surface area contributed by atoms with Gasteiger partial charge in [-0.3, -0.25) is 4.79 Å². The van der Waals surface area contributed by atoms with Crippen molar-refractivity contribution in [3.63, 3.8) is 0 Å². The Morgan fingerprint density at radius 2 is 2.35 bits per heavy atom. The van der Waals surface area contributed by atoms with Crippen LogP contribution in [-0.4, -0.2) is 12.6 Å². The first kappa shape index (κ1) is 12.0. The van der Waals surface area contributed by atoms with Gasteiger partial charge in [-0.1, -0.05) is 12.1 Å². The minimum absolute atomic E-state index is 0.0365. The molecule has 1 unspecified atom stereocenters. The Hall–Kier alpha value is -1.42. The molecule has 17 heavy (non-hydrogen) atoms. The molecule has 92 valence electrons. The molecule has 1 aliphatic carbocycles. The molecule has 0 aliphatic heterocycles. The summed E-state index contributed by atoms with van der Waals surface area (Å²) < 4.78 is 18.7. The fourth-order valence-corrected chi connectivity index (χ4v) is 2.46. The number of hydrogen-bond donors (Lipinski definition) is 1. The van der Waals surface area contributed by atoms with Gasteiger partial charge in [0.05, 0.1) is 18.6 Å². The average Bonchev–Trinajstić information content (AvgIpc) is 2.58. The van der Waals surface area contributed by atoms with E-state index in [1.54, 1.807) is 13.0 Å². The van der Waals surface area contributed by atoms with Crippen LogP contribution in [0, 0.1) is 5.82 Å². The maximum absolute atomic E-state index is 13.8. The molecule has 1 aromatic rings. The number of carbonyl (C=O) groups is 1. The number of carbonyl (C=O) groups excluding carboxylic acids is 1. The largest absolute Gasteiger partial charge is 0.466 e. The number of fused-ring (bicyclic) bond motifs is 1. The third kappa shape index (κ3) is 2.17. The van der Waals surface area contributed by atoms with E-state index in [2.05, 4.69) is 0 Å². The van der Waals surface area contributed by atoms with Gasteiger partial charge < -0.3 is 10.5 Å². The monoisotopic (exact) mass is 237 g/mol. The van der Waals surface area contributed by atoms with Crippen molar-refractivity contribution >= 4 is 5.97 Å². The predicted molar refractivity (Wildman–Crippen MR) is 61.8 cm³/mol. The van der Waals surface area contributed by atoms with E-state index in [0.717, 1.165) is 5.56 Å². The third-order valence-corrected chi connectivity index (χ3v) is 3.20. The lowest BCUT2D eigenvalue weighted by Gasteiger charge is -2.24. The van der Waals surface area contributed by atoms with Crippen molar-refractivity contribution in [1.82, 2.24) is 0 Å². The lowest BCUT2D eigenvalue weighted by Crippen LogP contribution is -2.38. The van der Waals surface area contributed by atoms with E-state index in [1.807, 2.05) is 6.07 Å². The Bertz CT molecular complexity index is 447. The lowest BCUT2D eigenvalue weighted by molar-refractivity contribution is -0.144. The van der Waals surface area contributed by atoms with Crippen molar-refractivity contribution in [2.45, 2.75) is 31.7 Å². The number of nitrogens with two attached hydrogens (primary N) is 1. The molecule has 0 saturated heterocycles. The highest BCUT2D eigenvalue weighted by molar-refractivity contribution is 5.72. The zero-order chi connectivity index (χ0) is 12.5. The molecule has 0 spiro atoms. The van der Waals surface area contributed by atoms with Crippen molar-refractivity contribution in [1.29, 1.82) is 0 Å². The van der Waals surface area contributed by atoms with Crippen LogP contribution in [0.2, 0.25) is 0 Å². The SMILES string of the molecule is CCOC(=O)CC1(N)CCc2cccc(F)c21. The van der Waals surface area contributed by atoms with Gasteiger partial charge in [-0.15, -0.1) is 0 Å². The average molecular weight is 237 g/mol. The zero-order valence-corrected chi connectivity index (χ0v) is 9.83. The number of esters is 1. The molecule has 0 radical (unpaired) electrons. The van der Waals surface area contributed by atoms with Gasteiger partial charge in [0, 0.05) is 5.56 Å². The van der Waals surface area contributed by atoms with Crippen LogP contribution in [0.25, 0.3) is 0 Å². The molecule has 3 nitrogen and oxygen atoms in total. The summed E-state index contributed by atoms with van der Waals surface area (Å²) in [4.78, 5) is 11.5. The van der Waals surface area contributed by atoms with Gasteiger partial charge >= 0.3 is 5.97 Å². The molecule has 2 rings (SSSR count). The zero-order valence-electron chi connectivity index (χ0n) is 9.83. The molecule has 1 aliphatic rings. The second kappa shape index (κ2) is 4.45. The van der Waals surface area contributed by atoms with Gasteiger partial charge in [0.1, 0.15) is 5.82 Å². The second-order valence-electron chi connectivity index (χ2n) is 4.41. The fourth-order valence-electron chi connectivity index (χ4n) is 2.46. The summed E-state index contributed by atoms with van der Waals surface area (Å²) >= 11 is 0.